The van der Waals surface area contributed by atoms with Crippen molar-refractivity contribution in [1.29, 1.82) is 0 Å². The lowest BCUT2D eigenvalue weighted by atomic mass is 10.2. The highest BCUT2D eigenvalue weighted by atomic mass is 19.4. The van der Waals surface area contributed by atoms with Gasteiger partial charge in [0.1, 0.15) is 11.8 Å². The largest absolute Gasteiger partial charge is 0.573 e. The van der Waals surface area contributed by atoms with Gasteiger partial charge >= 0.3 is 6.36 Å². The highest BCUT2D eigenvalue weighted by Gasteiger charge is 2.31. The zero-order chi connectivity index (χ0) is 15.6. The Morgan fingerprint density at radius 3 is 2.43 bits per heavy atom. The topological polar surface area (TPSA) is 58.6 Å². The molecule has 1 saturated heterocycles. The van der Waals surface area contributed by atoms with Crippen LogP contribution in [0.4, 0.5) is 18.9 Å². The molecule has 1 heterocycles. The summed E-state index contributed by atoms with van der Waals surface area (Å²) in [5, 5.41) is 2.53. The van der Waals surface area contributed by atoms with Crippen LogP contribution in [0.5, 0.6) is 5.75 Å². The first-order chi connectivity index (χ1) is 9.76. The van der Waals surface area contributed by atoms with Crippen LogP contribution in [0, 0.1) is 0 Å². The van der Waals surface area contributed by atoms with Gasteiger partial charge in [0.15, 0.2) is 0 Å². The van der Waals surface area contributed by atoms with Crippen molar-refractivity contribution in [1.82, 2.24) is 5.32 Å². The molecule has 1 aromatic rings. The van der Waals surface area contributed by atoms with Gasteiger partial charge in [-0.15, -0.1) is 13.2 Å². The smallest absolute Gasteiger partial charge is 0.406 e. The molecule has 0 aliphatic carbocycles. The molecule has 1 fully saturated rings. The maximum atomic E-state index is 12.1. The SMILES string of the molecule is CC1NC(=O)CCN(c2ccc(OC(F)(F)F)cc2)C1=O. The van der Waals surface area contributed by atoms with Crippen LogP contribution in [-0.4, -0.2) is 30.8 Å². The van der Waals surface area contributed by atoms with Crippen LogP contribution in [0.25, 0.3) is 0 Å². The second kappa shape index (κ2) is 5.63. The van der Waals surface area contributed by atoms with Gasteiger partial charge in [-0.3, -0.25) is 9.59 Å². The Hall–Kier alpha value is -2.25. The Morgan fingerprint density at radius 2 is 1.86 bits per heavy atom. The molecule has 8 heteroatoms. The molecule has 0 aromatic heterocycles. The fraction of sp³-hybridized carbons (Fsp3) is 0.385. The number of carbonyl (C=O) groups excluding carboxylic acids is 2. The second-order valence-electron chi connectivity index (χ2n) is 4.57. The normalized spacial score (nSPS) is 20.0. The average Bonchev–Trinajstić information content (AvgIpc) is 2.49. The number of benzene rings is 1. The molecule has 1 N–H and O–H groups in total. The van der Waals surface area contributed by atoms with Gasteiger partial charge in [0, 0.05) is 18.7 Å². The monoisotopic (exact) mass is 302 g/mol. The van der Waals surface area contributed by atoms with Gasteiger partial charge in [0.05, 0.1) is 0 Å². The maximum Gasteiger partial charge on any atom is 0.573 e. The van der Waals surface area contributed by atoms with Crippen molar-refractivity contribution >= 4 is 17.5 Å². The van der Waals surface area contributed by atoms with E-state index in [2.05, 4.69) is 10.1 Å². The van der Waals surface area contributed by atoms with Crippen LogP contribution in [0.15, 0.2) is 24.3 Å². The Balaban J connectivity index is 2.17. The van der Waals surface area contributed by atoms with Crippen LogP contribution < -0.4 is 15.0 Å². The van der Waals surface area contributed by atoms with Crippen molar-refractivity contribution < 1.29 is 27.5 Å². The molecule has 5 nitrogen and oxygen atoms in total. The standard InChI is InChI=1S/C13H13F3N2O3/c1-8-12(20)18(7-6-11(19)17-8)9-2-4-10(5-3-9)21-13(14,15)16/h2-5,8H,6-7H2,1H3,(H,17,19). The van der Waals surface area contributed by atoms with E-state index in [9.17, 15) is 22.8 Å². The van der Waals surface area contributed by atoms with Crippen molar-refractivity contribution in [2.75, 3.05) is 11.4 Å². The summed E-state index contributed by atoms with van der Waals surface area (Å²) >= 11 is 0. The molecule has 0 radical (unpaired) electrons. The molecule has 1 atom stereocenters. The quantitative estimate of drug-likeness (QED) is 0.906. The minimum atomic E-state index is -4.76. The zero-order valence-electron chi connectivity index (χ0n) is 11.1. The van der Waals surface area contributed by atoms with Crippen molar-refractivity contribution in [2.24, 2.45) is 0 Å². The first-order valence-corrected chi connectivity index (χ1v) is 6.23. The first-order valence-electron chi connectivity index (χ1n) is 6.23. The Kier molecular flexibility index (Phi) is 4.06. The summed E-state index contributed by atoms with van der Waals surface area (Å²) in [4.78, 5) is 24.9. The van der Waals surface area contributed by atoms with E-state index >= 15 is 0 Å². The number of amides is 2. The summed E-state index contributed by atoms with van der Waals surface area (Å²) < 4.78 is 40.0. The van der Waals surface area contributed by atoms with E-state index in [1.807, 2.05) is 0 Å². The molecule has 2 amide bonds. The fourth-order valence-corrected chi connectivity index (χ4v) is 2.02. The minimum Gasteiger partial charge on any atom is -0.406 e. The lowest BCUT2D eigenvalue weighted by molar-refractivity contribution is -0.274. The van der Waals surface area contributed by atoms with E-state index in [1.165, 1.54) is 17.0 Å². The summed E-state index contributed by atoms with van der Waals surface area (Å²) in [5.74, 6) is -0.920. The minimum absolute atomic E-state index is 0.136. The number of hydrogen-bond acceptors (Lipinski definition) is 3. The number of ether oxygens (including phenoxy) is 1. The van der Waals surface area contributed by atoms with Crippen molar-refractivity contribution in [3.63, 3.8) is 0 Å². The molecule has 1 unspecified atom stereocenters. The molecule has 0 spiro atoms. The number of hydrogen-bond donors (Lipinski definition) is 1. The van der Waals surface area contributed by atoms with Crippen LogP contribution in [0.2, 0.25) is 0 Å². The molecule has 1 aromatic carbocycles. The molecule has 1 aliphatic heterocycles. The van der Waals surface area contributed by atoms with E-state index in [1.54, 1.807) is 6.92 Å². The van der Waals surface area contributed by atoms with Gasteiger partial charge in [-0.1, -0.05) is 0 Å². The van der Waals surface area contributed by atoms with Crippen LogP contribution in [0.3, 0.4) is 0 Å². The molecule has 0 bridgehead atoms. The lowest BCUT2D eigenvalue weighted by Crippen LogP contribution is -2.42. The van der Waals surface area contributed by atoms with Gasteiger partial charge in [0.2, 0.25) is 11.8 Å². The maximum absolute atomic E-state index is 12.1. The molecular weight excluding hydrogens is 289 g/mol. The highest BCUT2D eigenvalue weighted by molar-refractivity contribution is 6.01. The number of rotatable bonds is 2. The number of nitrogens with zero attached hydrogens (tertiary/aromatic N) is 1. The third-order valence-electron chi connectivity index (χ3n) is 2.96. The predicted molar refractivity (Wildman–Crippen MR) is 67.7 cm³/mol. The molecule has 1 aliphatic rings. The van der Waals surface area contributed by atoms with Gasteiger partial charge < -0.3 is 15.0 Å². The molecule has 0 saturated carbocycles. The summed E-state index contributed by atoms with van der Waals surface area (Å²) in [6, 6.07) is 4.27. The van der Waals surface area contributed by atoms with Crippen molar-refractivity contribution in [3.8, 4) is 5.75 Å². The zero-order valence-corrected chi connectivity index (χ0v) is 11.1. The number of halogens is 3. The van der Waals surface area contributed by atoms with E-state index in [-0.39, 0.29) is 30.5 Å². The van der Waals surface area contributed by atoms with E-state index in [0.717, 1.165) is 12.1 Å². The molecule has 21 heavy (non-hydrogen) atoms. The number of alkyl halides is 3. The van der Waals surface area contributed by atoms with E-state index in [4.69, 9.17) is 0 Å². The van der Waals surface area contributed by atoms with Gasteiger partial charge in [-0.05, 0) is 31.2 Å². The number of carbonyl (C=O) groups is 2. The van der Waals surface area contributed by atoms with Crippen LogP contribution in [0.1, 0.15) is 13.3 Å². The van der Waals surface area contributed by atoms with Gasteiger partial charge in [0.25, 0.3) is 0 Å². The Bertz CT molecular complexity index is 543. The lowest BCUT2D eigenvalue weighted by Gasteiger charge is -2.22. The highest BCUT2D eigenvalue weighted by Crippen LogP contribution is 2.26. The summed E-state index contributed by atoms with van der Waals surface area (Å²) in [5.41, 5.74) is 0.415. The molecular formula is C13H13F3N2O3. The number of nitrogens with one attached hydrogen (secondary N) is 1. The van der Waals surface area contributed by atoms with Crippen molar-refractivity contribution in [2.45, 2.75) is 25.7 Å². The fourth-order valence-electron chi connectivity index (χ4n) is 2.02. The molecule has 114 valence electrons. The summed E-state index contributed by atoms with van der Waals surface area (Å²) in [6.45, 7) is 1.73. The van der Waals surface area contributed by atoms with E-state index < -0.39 is 12.4 Å². The Labute approximate surface area is 118 Å². The average molecular weight is 302 g/mol. The summed E-state index contributed by atoms with van der Waals surface area (Å²) in [6.07, 6.45) is -4.62. The van der Waals surface area contributed by atoms with Crippen LogP contribution in [-0.2, 0) is 9.59 Å². The summed E-state index contributed by atoms with van der Waals surface area (Å²) in [7, 11) is 0. The number of anilines is 1. The van der Waals surface area contributed by atoms with Gasteiger partial charge in [-0.2, -0.15) is 0 Å². The van der Waals surface area contributed by atoms with Crippen molar-refractivity contribution in [3.05, 3.63) is 24.3 Å². The van der Waals surface area contributed by atoms with Gasteiger partial charge in [-0.25, -0.2) is 0 Å². The third kappa shape index (κ3) is 3.87. The Morgan fingerprint density at radius 1 is 1.24 bits per heavy atom. The predicted octanol–water partition coefficient (Wildman–Crippen LogP) is 1.83. The molecule has 2 rings (SSSR count). The first kappa shape index (κ1) is 15.1. The van der Waals surface area contributed by atoms with E-state index in [0.29, 0.717) is 5.69 Å². The second-order valence-corrected chi connectivity index (χ2v) is 4.57. The van der Waals surface area contributed by atoms with Crippen LogP contribution >= 0.6 is 0 Å². The third-order valence-corrected chi connectivity index (χ3v) is 2.96.